The summed E-state index contributed by atoms with van der Waals surface area (Å²) in [4.78, 5) is 19.8. The van der Waals surface area contributed by atoms with Crippen molar-refractivity contribution in [2.75, 3.05) is 13.1 Å². The van der Waals surface area contributed by atoms with E-state index in [1.54, 1.807) is 11.3 Å². The molecule has 0 spiro atoms. The highest BCUT2D eigenvalue weighted by Gasteiger charge is 2.27. The van der Waals surface area contributed by atoms with Crippen LogP contribution in [0.3, 0.4) is 0 Å². The van der Waals surface area contributed by atoms with Crippen LogP contribution in [0.2, 0.25) is 0 Å². The number of carbonyl (C=O) groups is 1. The summed E-state index contributed by atoms with van der Waals surface area (Å²) >= 11 is 1.64. The fourth-order valence-corrected chi connectivity index (χ4v) is 3.50. The van der Waals surface area contributed by atoms with E-state index in [9.17, 15) is 4.79 Å². The maximum Gasteiger partial charge on any atom is 0.229 e. The van der Waals surface area contributed by atoms with Crippen LogP contribution in [0.25, 0.3) is 0 Å². The maximum atomic E-state index is 12.3. The number of aromatic nitrogens is 2. The van der Waals surface area contributed by atoms with Crippen molar-refractivity contribution in [3.8, 4) is 0 Å². The summed E-state index contributed by atoms with van der Waals surface area (Å²) in [5.74, 6) is 2.06. The zero-order chi connectivity index (χ0) is 15.4. The van der Waals surface area contributed by atoms with Gasteiger partial charge in [-0.15, -0.1) is 11.3 Å². The Labute approximate surface area is 134 Å². The minimum Gasteiger partial charge on any atom is -0.342 e. The molecule has 2 aromatic heterocycles. The van der Waals surface area contributed by atoms with Gasteiger partial charge in [0.25, 0.3) is 0 Å². The van der Waals surface area contributed by atoms with E-state index in [1.165, 1.54) is 0 Å². The van der Waals surface area contributed by atoms with Crippen molar-refractivity contribution in [2.45, 2.75) is 44.9 Å². The molecule has 3 rings (SSSR count). The third-order valence-electron chi connectivity index (χ3n) is 4.06. The van der Waals surface area contributed by atoms with Gasteiger partial charge in [-0.1, -0.05) is 18.1 Å². The summed E-state index contributed by atoms with van der Waals surface area (Å²) in [6.45, 7) is 3.66. The van der Waals surface area contributed by atoms with Crippen molar-refractivity contribution < 1.29 is 9.32 Å². The Bertz CT molecular complexity index is 601. The zero-order valence-electron chi connectivity index (χ0n) is 12.8. The van der Waals surface area contributed by atoms with Crippen LogP contribution in [0, 0.1) is 0 Å². The Kier molecular flexibility index (Phi) is 4.87. The number of likely N-dealkylation sites (tertiary alicyclic amines) is 1. The number of amides is 1. The monoisotopic (exact) mass is 319 g/mol. The average molecular weight is 319 g/mol. The highest BCUT2D eigenvalue weighted by Crippen LogP contribution is 2.27. The van der Waals surface area contributed by atoms with Gasteiger partial charge in [-0.2, -0.15) is 4.98 Å². The molecule has 0 aliphatic carbocycles. The Morgan fingerprint density at radius 3 is 2.95 bits per heavy atom. The second kappa shape index (κ2) is 7.05. The molecule has 2 aromatic rings. The second-order valence-electron chi connectivity index (χ2n) is 5.71. The molecule has 1 aliphatic rings. The fourth-order valence-electron chi connectivity index (χ4n) is 2.81. The van der Waals surface area contributed by atoms with Crippen molar-refractivity contribution in [1.29, 1.82) is 0 Å². The Morgan fingerprint density at radius 1 is 1.45 bits per heavy atom. The first kappa shape index (κ1) is 15.2. The normalized spacial score (nSPS) is 16.1. The zero-order valence-corrected chi connectivity index (χ0v) is 13.6. The summed E-state index contributed by atoms with van der Waals surface area (Å²) < 4.78 is 5.37. The van der Waals surface area contributed by atoms with Gasteiger partial charge in [0.1, 0.15) is 0 Å². The quantitative estimate of drug-likeness (QED) is 0.850. The molecule has 0 atom stereocenters. The van der Waals surface area contributed by atoms with Crippen LogP contribution in [-0.2, 0) is 17.6 Å². The first-order valence-corrected chi connectivity index (χ1v) is 8.77. The van der Waals surface area contributed by atoms with Crippen LogP contribution in [0.1, 0.15) is 48.7 Å². The molecule has 1 amide bonds. The molecule has 0 unspecified atom stereocenters. The highest BCUT2D eigenvalue weighted by atomic mass is 32.1. The maximum absolute atomic E-state index is 12.3. The van der Waals surface area contributed by atoms with Crippen LogP contribution in [0.5, 0.6) is 0 Å². The number of carbonyl (C=O) groups excluding carboxylic acids is 1. The molecule has 5 nitrogen and oxygen atoms in total. The smallest absolute Gasteiger partial charge is 0.229 e. The van der Waals surface area contributed by atoms with Crippen LogP contribution < -0.4 is 0 Å². The van der Waals surface area contributed by atoms with Gasteiger partial charge >= 0.3 is 0 Å². The van der Waals surface area contributed by atoms with Crippen molar-refractivity contribution in [1.82, 2.24) is 15.0 Å². The first-order valence-electron chi connectivity index (χ1n) is 7.89. The lowest BCUT2D eigenvalue weighted by atomic mass is 9.96. The predicted molar refractivity (Wildman–Crippen MR) is 84.9 cm³/mol. The molecule has 3 heterocycles. The third kappa shape index (κ3) is 3.55. The molecule has 118 valence electrons. The highest BCUT2D eigenvalue weighted by molar-refractivity contribution is 7.10. The molecule has 0 aromatic carbocycles. The summed E-state index contributed by atoms with van der Waals surface area (Å²) in [7, 11) is 0. The Balaban J connectivity index is 1.52. The number of thiophene rings is 1. The average Bonchev–Trinajstić information content (AvgIpc) is 3.20. The third-order valence-corrected chi connectivity index (χ3v) is 4.94. The molecule has 0 saturated carbocycles. The van der Waals surface area contributed by atoms with Gasteiger partial charge in [0.05, 0.1) is 6.42 Å². The van der Waals surface area contributed by atoms with Crippen LogP contribution in [0.15, 0.2) is 22.0 Å². The van der Waals surface area contributed by atoms with Crippen molar-refractivity contribution >= 4 is 17.2 Å². The lowest BCUT2D eigenvalue weighted by Gasteiger charge is -2.30. The van der Waals surface area contributed by atoms with Gasteiger partial charge in [0.15, 0.2) is 5.82 Å². The fraction of sp³-hybridized carbons (Fsp3) is 0.562. The molecule has 1 saturated heterocycles. The number of nitrogens with zero attached hydrogens (tertiary/aromatic N) is 3. The van der Waals surface area contributed by atoms with Gasteiger partial charge in [-0.05, 0) is 30.7 Å². The van der Waals surface area contributed by atoms with Gasteiger partial charge < -0.3 is 9.42 Å². The second-order valence-corrected chi connectivity index (χ2v) is 6.74. The molecule has 0 bridgehead atoms. The number of aryl methyl sites for hydroxylation is 1. The van der Waals surface area contributed by atoms with Crippen LogP contribution in [-0.4, -0.2) is 34.0 Å². The Morgan fingerprint density at radius 2 is 2.27 bits per heavy atom. The molecular formula is C16H21N3O2S. The van der Waals surface area contributed by atoms with Crippen LogP contribution in [0.4, 0.5) is 0 Å². The minimum atomic E-state index is 0.220. The largest absolute Gasteiger partial charge is 0.342 e. The summed E-state index contributed by atoms with van der Waals surface area (Å²) in [6.07, 6.45) is 4.22. The lowest BCUT2D eigenvalue weighted by molar-refractivity contribution is -0.131. The number of piperidine rings is 1. The van der Waals surface area contributed by atoms with E-state index >= 15 is 0 Å². The molecule has 22 heavy (non-hydrogen) atoms. The molecule has 1 aliphatic heterocycles. The van der Waals surface area contributed by atoms with Crippen molar-refractivity contribution in [2.24, 2.45) is 0 Å². The SMILES string of the molecule is CCCc1noc(C2CCN(C(=O)Cc3cccs3)CC2)n1. The van der Waals surface area contributed by atoms with E-state index < -0.39 is 0 Å². The standard InChI is InChI=1S/C16H21N3O2S/c1-2-4-14-17-16(21-18-14)12-6-8-19(9-7-12)15(20)11-13-5-3-10-22-13/h3,5,10,12H,2,4,6-9,11H2,1H3. The van der Waals surface area contributed by atoms with Crippen molar-refractivity contribution in [3.63, 3.8) is 0 Å². The van der Waals surface area contributed by atoms with Gasteiger partial charge in [0, 0.05) is 30.3 Å². The predicted octanol–water partition coefficient (Wildman–Crippen LogP) is 3.03. The van der Waals surface area contributed by atoms with Gasteiger partial charge in [-0.3, -0.25) is 4.79 Å². The lowest BCUT2D eigenvalue weighted by Crippen LogP contribution is -2.38. The van der Waals surface area contributed by atoms with Gasteiger partial charge in [-0.25, -0.2) is 0 Å². The number of hydrogen-bond acceptors (Lipinski definition) is 5. The van der Waals surface area contributed by atoms with E-state index in [2.05, 4.69) is 17.1 Å². The molecule has 0 N–H and O–H groups in total. The summed E-state index contributed by atoms with van der Waals surface area (Å²) in [6, 6.07) is 4.01. The van der Waals surface area contributed by atoms with E-state index in [4.69, 9.17) is 4.52 Å². The molecule has 0 radical (unpaired) electrons. The van der Waals surface area contributed by atoms with E-state index in [1.807, 2.05) is 22.4 Å². The Hall–Kier alpha value is -1.69. The minimum absolute atomic E-state index is 0.220. The molecular weight excluding hydrogens is 298 g/mol. The van der Waals surface area contributed by atoms with E-state index in [-0.39, 0.29) is 5.91 Å². The van der Waals surface area contributed by atoms with E-state index in [0.717, 1.165) is 55.4 Å². The topological polar surface area (TPSA) is 59.2 Å². The summed E-state index contributed by atoms with van der Waals surface area (Å²) in [5.41, 5.74) is 0. The first-order chi connectivity index (χ1) is 10.8. The van der Waals surface area contributed by atoms with Gasteiger partial charge in [0.2, 0.25) is 11.8 Å². The van der Waals surface area contributed by atoms with E-state index in [0.29, 0.717) is 12.3 Å². The van der Waals surface area contributed by atoms with Crippen LogP contribution >= 0.6 is 11.3 Å². The van der Waals surface area contributed by atoms with Crippen molar-refractivity contribution in [3.05, 3.63) is 34.1 Å². The summed E-state index contributed by atoms with van der Waals surface area (Å²) in [5, 5.41) is 6.03. The molecule has 6 heteroatoms. The number of hydrogen-bond donors (Lipinski definition) is 0. The molecule has 1 fully saturated rings. The number of rotatable bonds is 5.